The highest BCUT2D eigenvalue weighted by atomic mass is 15.2. The van der Waals surface area contributed by atoms with E-state index in [9.17, 15) is 0 Å². The molecule has 2 atom stereocenters. The number of allylic oxidation sites excluding steroid dienone is 4. The van der Waals surface area contributed by atoms with Gasteiger partial charge in [0.1, 0.15) is 0 Å². The lowest BCUT2D eigenvalue weighted by molar-refractivity contribution is 0.642. The molecule has 0 N–H and O–H groups in total. The summed E-state index contributed by atoms with van der Waals surface area (Å²) in [6, 6.07) is 53.9. The fraction of sp³-hybridized carbons (Fsp3) is 0.154. The number of fused-ring (bicyclic) bond motifs is 3. The van der Waals surface area contributed by atoms with Gasteiger partial charge in [-0.25, -0.2) is 0 Å². The van der Waals surface area contributed by atoms with E-state index in [4.69, 9.17) is 0 Å². The van der Waals surface area contributed by atoms with Gasteiger partial charge in [0.2, 0.25) is 0 Å². The highest BCUT2D eigenvalue weighted by Crippen LogP contribution is 2.52. The van der Waals surface area contributed by atoms with E-state index in [1.165, 1.54) is 97.4 Å². The Morgan fingerprint density at radius 1 is 0.509 bits per heavy atom. The van der Waals surface area contributed by atoms with E-state index < -0.39 is 0 Å². The molecule has 0 aromatic heterocycles. The molecule has 0 amide bonds. The molecule has 6 aromatic carbocycles. The Bertz CT molecular complexity index is 2250. The van der Waals surface area contributed by atoms with E-state index in [2.05, 4.69) is 208 Å². The quantitative estimate of drug-likeness (QED) is 0.137. The molecule has 8 rings (SSSR count). The first kappa shape index (κ1) is 34.2. The van der Waals surface area contributed by atoms with Crippen LogP contribution in [0.25, 0.3) is 23.3 Å². The molecule has 1 saturated carbocycles. The van der Waals surface area contributed by atoms with Gasteiger partial charge in [0.05, 0.1) is 0 Å². The predicted molar refractivity (Wildman–Crippen MR) is 228 cm³/mol. The largest absolute Gasteiger partial charge is 0.338 e. The summed E-state index contributed by atoms with van der Waals surface area (Å²) in [7, 11) is 0. The lowest BCUT2D eigenvalue weighted by atomic mass is 9.95. The molecule has 0 saturated heterocycles. The first-order valence-corrected chi connectivity index (χ1v) is 19.1. The minimum Gasteiger partial charge on any atom is -0.338 e. The lowest BCUT2D eigenvalue weighted by Crippen LogP contribution is -2.26. The van der Waals surface area contributed by atoms with Crippen molar-refractivity contribution in [3.05, 3.63) is 226 Å². The third-order valence-electron chi connectivity index (χ3n) is 11.0. The molecule has 0 spiro atoms. The first-order valence-electron chi connectivity index (χ1n) is 19.1. The standard InChI is InChI=1S/C52H47N/c1-37-18-27-43(28-19-37)47(42-12-5-4-6-13-42)14-7-10-40-24-33-46(34-25-40)53-51-17-9-16-49(51)50-36-41(26-35-52(50)53)11-8-15-48(44-29-20-38(2)21-30-44)45-31-22-39(3)23-32-45/h4-8,10-15,18-36,49,51H,9,16-17H2,1-3H3/b10-7+,11-8+,47-14+. The molecular formula is C52H47N. The molecule has 1 fully saturated rings. The number of anilines is 2. The smallest absolute Gasteiger partial charge is 0.0450 e. The van der Waals surface area contributed by atoms with Gasteiger partial charge in [-0.1, -0.05) is 181 Å². The van der Waals surface area contributed by atoms with Gasteiger partial charge in [-0.2, -0.15) is 0 Å². The van der Waals surface area contributed by atoms with Crippen LogP contribution in [0.1, 0.15) is 80.8 Å². The summed E-state index contributed by atoms with van der Waals surface area (Å²) in [6.07, 6.45) is 17.2. The van der Waals surface area contributed by atoms with Gasteiger partial charge in [-0.3, -0.25) is 0 Å². The van der Waals surface area contributed by atoms with Crippen molar-refractivity contribution in [2.45, 2.75) is 52.0 Å². The van der Waals surface area contributed by atoms with Gasteiger partial charge >= 0.3 is 0 Å². The number of rotatable bonds is 9. The van der Waals surface area contributed by atoms with Crippen LogP contribution in [0, 0.1) is 20.8 Å². The van der Waals surface area contributed by atoms with Gasteiger partial charge < -0.3 is 4.90 Å². The van der Waals surface area contributed by atoms with Crippen LogP contribution in [-0.4, -0.2) is 6.04 Å². The van der Waals surface area contributed by atoms with Gasteiger partial charge in [0, 0.05) is 23.3 Å². The molecule has 2 unspecified atom stereocenters. The summed E-state index contributed by atoms with van der Waals surface area (Å²) < 4.78 is 0. The molecule has 2 aliphatic rings. The van der Waals surface area contributed by atoms with Gasteiger partial charge in [0.15, 0.2) is 0 Å². The van der Waals surface area contributed by atoms with Crippen molar-refractivity contribution in [2.24, 2.45) is 0 Å². The third kappa shape index (κ3) is 7.52. The molecule has 0 radical (unpaired) electrons. The zero-order chi connectivity index (χ0) is 36.1. The second-order valence-corrected chi connectivity index (χ2v) is 14.7. The maximum atomic E-state index is 2.62. The van der Waals surface area contributed by atoms with E-state index in [0.29, 0.717) is 12.0 Å². The Balaban J connectivity index is 1.03. The molecule has 1 nitrogen and oxygen atoms in total. The Kier molecular flexibility index (Phi) is 9.91. The molecule has 260 valence electrons. The van der Waals surface area contributed by atoms with E-state index in [0.717, 1.165) is 0 Å². The zero-order valence-electron chi connectivity index (χ0n) is 31.0. The second kappa shape index (κ2) is 15.4. The number of aryl methyl sites for hydroxylation is 3. The fourth-order valence-corrected chi connectivity index (χ4v) is 8.11. The number of benzene rings is 6. The minimum absolute atomic E-state index is 0.520. The van der Waals surface area contributed by atoms with Crippen LogP contribution in [0.15, 0.2) is 170 Å². The molecule has 53 heavy (non-hydrogen) atoms. The van der Waals surface area contributed by atoms with E-state index in [1.54, 1.807) is 0 Å². The molecule has 1 aliphatic heterocycles. The number of hydrogen-bond donors (Lipinski definition) is 0. The monoisotopic (exact) mass is 685 g/mol. The van der Waals surface area contributed by atoms with E-state index >= 15 is 0 Å². The Hall–Kier alpha value is -5.92. The van der Waals surface area contributed by atoms with Gasteiger partial charge in [-0.15, -0.1) is 0 Å². The number of hydrogen-bond acceptors (Lipinski definition) is 1. The van der Waals surface area contributed by atoms with Crippen molar-refractivity contribution in [3.8, 4) is 0 Å². The van der Waals surface area contributed by atoms with Crippen LogP contribution in [0.3, 0.4) is 0 Å². The summed E-state index contributed by atoms with van der Waals surface area (Å²) in [5.74, 6) is 0.576. The fourth-order valence-electron chi connectivity index (χ4n) is 8.11. The summed E-state index contributed by atoms with van der Waals surface area (Å²) in [5, 5.41) is 0. The summed E-state index contributed by atoms with van der Waals surface area (Å²) in [4.78, 5) is 2.62. The van der Waals surface area contributed by atoms with Crippen LogP contribution in [0.2, 0.25) is 0 Å². The second-order valence-electron chi connectivity index (χ2n) is 14.7. The maximum Gasteiger partial charge on any atom is 0.0450 e. The molecule has 0 bridgehead atoms. The predicted octanol–water partition coefficient (Wildman–Crippen LogP) is 13.7. The van der Waals surface area contributed by atoms with Crippen molar-refractivity contribution in [1.82, 2.24) is 0 Å². The number of nitrogens with zero attached hydrogens (tertiary/aromatic N) is 1. The lowest BCUT2D eigenvalue weighted by Gasteiger charge is -2.27. The molecule has 1 heterocycles. The molecular weight excluding hydrogens is 639 g/mol. The normalized spacial score (nSPS) is 16.7. The Morgan fingerprint density at radius 2 is 1.00 bits per heavy atom. The highest BCUT2D eigenvalue weighted by Gasteiger charge is 2.42. The van der Waals surface area contributed by atoms with Crippen LogP contribution >= 0.6 is 0 Å². The van der Waals surface area contributed by atoms with E-state index in [1.807, 2.05) is 0 Å². The van der Waals surface area contributed by atoms with Gasteiger partial charge in [0.25, 0.3) is 0 Å². The maximum absolute atomic E-state index is 2.62. The average Bonchev–Trinajstić information content (AvgIpc) is 3.79. The Labute approximate surface area is 316 Å². The van der Waals surface area contributed by atoms with Crippen molar-refractivity contribution >= 4 is 34.7 Å². The average molecular weight is 686 g/mol. The molecule has 6 aromatic rings. The van der Waals surface area contributed by atoms with Crippen LogP contribution in [-0.2, 0) is 0 Å². The molecule has 1 aliphatic carbocycles. The van der Waals surface area contributed by atoms with Crippen LogP contribution in [0.5, 0.6) is 0 Å². The van der Waals surface area contributed by atoms with Crippen molar-refractivity contribution in [2.75, 3.05) is 4.90 Å². The third-order valence-corrected chi connectivity index (χ3v) is 11.0. The molecule has 1 heteroatoms. The van der Waals surface area contributed by atoms with Crippen molar-refractivity contribution in [1.29, 1.82) is 0 Å². The van der Waals surface area contributed by atoms with Crippen LogP contribution < -0.4 is 4.90 Å². The van der Waals surface area contributed by atoms with Gasteiger partial charge in [-0.05, 0) is 108 Å². The zero-order valence-corrected chi connectivity index (χ0v) is 31.0. The topological polar surface area (TPSA) is 3.24 Å². The highest BCUT2D eigenvalue weighted by molar-refractivity contribution is 5.83. The Morgan fingerprint density at radius 3 is 1.55 bits per heavy atom. The van der Waals surface area contributed by atoms with Crippen LogP contribution in [0.4, 0.5) is 11.4 Å². The summed E-state index contributed by atoms with van der Waals surface area (Å²) in [6.45, 7) is 6.42. The van der Waals surface area contributed by atoms with Crippen molar-refractivity contribution in [3.63, 3.8) is 0 Å². The minimum atomic E-state index is 0.520. The summed E-state index contributed by atoms with van der Waals surface area (Å²) in [5.41, 5.74) is 17.8. The SMILES string of the molecule is Cc1ccc(C(=C/C=C/c2ccc3c(c2)C2CCCC2N3c2ccc(/C=C/C=C(\c3ccccc3)c3ccc(C)cc3)cc2)c2ccc(C)cc2)cc1. The summed E-state index contributed by atoms with van der Waals surface area (Å²) >= 11 is 0. The van der Waals surface area contributed by atoms with E-state index in [-0.39, 0.29) is 0 Å². The first-order chi connectivity index (χ1) is 26.0. The van der Waals surface area contributed by atoms with Crippen molar-refractivity contribution < 1.29 is 0 Å².